The number of rotatable bonds is 2. The van der Waals surface area contributed by atoms with E-state index in [1.165, 1.54) is 24.3 Å². The zero-order valence-corrected chi connectivity index (χ0v) is 10.2. The summed E-state index contributed by atoms with van der Waals surface area (Å²) in [7, 11) is -1.48. The molecule has 2 rings (SSSR count). The molecule has 0 heterocycles. The van der Waals surface area contributed by atoms with Gasteiger partial charge in [-0.2, -0.15) is 4.40 Å². The molecular formula is C12H8ClNO2S. The van der Waals surface area contributed by atoms with Crippen LogP contribution in [0.3, 0.4) is 0 Å². The van der Waals surface area contributed by atoms with E-state index in [-0.39, 0.29) is 5.78 Å². The van der Waals surface area contributed by atoms with Gasteiger partial charge in [0.25, 0.3) is 0 Å². The Bertz CT molecular complexity index is 540. The maximum atomic E-state index is 11.8. The third-order valence-corrected chi connectivity index (χ3v) is 3.34. The van der Waals surface area contributed by atoms with Gasteiger partial charge in [0.1, 0.15) is 0 Å². The summed E-state index contributed by atoms with van der Waals surface area (Å²) >= 11 is 5.73. The van der Waals surface area contributed by atoms with Gasteiger partial charge >= 0.3 is 0 Å². The van der Waals surface area contributed by atoms with Crippen molar-refractivity contribution in [1.82, 2.24) is 0 Å². The van der Waals surface area contributed by atoms with Crippen LogP contribution in [0.4, 0.5) is 0 Å². The number of hydrogen-bond acceptors (Lipinski definition) is 2. The fourth-order valence-electron chi connectivity index (χ4n) is 1.21. The molecule has 0 saturated heterocycles. The highest BCUT2D eigenvalue weighted by Gasteiger charge is 2.05. The summed E-state index contributed by atoms with van der Waals surface area (Å²) in [4.78, 5) is 11.5. The first-order chi connectivity index (χ1) is 8.15. The van der Waals surface area contributed by atoms with Crippen molar-refractivity contribution in [3.63, 3.8) is 0 Å². The second-order valence-electron chi connectivity index (χ2n) is 3.29. The van der Waals surface area contributed by atoms with Crippen molar-refractivity contribution in [2.45, 2.75) is 4.90 Å². The van der Waals surface area contributed by atoms with Crippen LogP contribution in [0.15, 0.2) is 57.9 Å². The predicted molar refractivity (Wildman–Crippen MR) is 68.6 cm³/mol. The highest BCUT2D eigenvalue weighted by molar-refractivity contribution is 7.84. The summed E-state index contributed by atoms with van der Waals surface area (Å²) in [5.74, 6) is -0.0961. The summed E-state index contributed by atoms with van der Waals surface area (Å²) < 4.78 is 15.8. The van der Waals surface area contributed by atoms with Crippen molar-refractivity contribution in [2.75, 3.05) is 0 Å². The standard InChI is InChI=1S/C12H8ClNO2S/c13-9-1-7-12(8-2-9)17(16)14-10-3-5-11(15)6-4-10/h1-8H. The van der Waals surface area contributed by atoms with Crippen LogP contribution in [0.25, 0.3) is 0 Å². The molecule has 1 aliphatic carbocycles. The van der Waals surface area contributed by atoms with Gasteiger partial charge in [0, 0.05) is 5.02 Å². The van der Waals surface area contributed by atoms with Gasteiger partial charge in [0.2, 0.25) is 0 Å². The lowest BCUT2D eigenvalue weighted by Crippen LogP contribution is -2.01. The van der Waals surface area contributed by atoms with Crippen molar-refractivity contribution >= 4 is 34.1 Å². The minimum absolute atomic E-state index is 0.0961. The van der Waals surface area contributed by atoms with Crippen LogP contribution in [0.5, 0.6) is 0 Å². The Kier molecular flexibility index (Phi) is 3.66. The molecular weight excluding hydrogens is 258 g/mol. The Morgan fingerprint density at radius 3 is 2.18 bits per heavy atom. The molecule has 1 aromatic rings. The molecule has 0 spiro atoms. The predicted octanol–water partition coefficient (Wildman–Crippen LogP) is 2.50. The Morgan fingerprint density at radius 1 is 1.00 bits per heavy atom. The van der Waals surface area contributed by atoms with Crippen LogP contribution in [-0.4, -0.2) is 15.7 Å². The lowest BCUT2D eigenvalue weighted by atomic mass is 10.2. The third kappa shape index (κ3) is 3.22. The van der Waals surface area contributed by atoms with Crippen LogP contribution in [0.1, 0.15) is 0 Å². The largest absolute Gasteiger partial charge is 0.290 e. The van der Waals surface area contributed by atoms with E-state index in [1.54, 1.807) is 24.3 Å². The SMILES string of the molecule is O=C1C=CC(=NS(=O)c2ccc(Cl)cc2)C=C1. The van der Waals surface area contributed by atoms with Crippen molar-refractivity contribution in [1.29, 1.82) is 0 Å². The monoisotopic (exact) mass is 265 g/mol. The van der Waals surface area contributed by atoms with E-state index < -0.39 is 11.0 Å². The number of carbonyl (C=O) groups is 1. The van der Waals surface area contributed by atoms with Gasteiger partial charge in [-0.15, -0.1) is 0 Å². The molecule has 0 bridgehead atoms. The normalized spacial score (nSPS) is 16.1. The minimum atomic E-state index is -1.48. The lowest BCUT2D eigenvalue weighted by molar-refractivity contribution is -0.110. The first-order valence-corrected chi connectivity index (χ1v) is 6.30. The molecule has 86 valence electrons. The van der Waals surface area contributed by atoms with Gasteiger partial charge in [0.15, 0.2) is 16.8 Å². The van der Waals surface area contributed by atoms with E-state index in [1.807, 2.05) is 0 Å². The van der Waals surface area contributed by atoms with Crippen molar-refractivity contribution in [3.8, 4) is 0 Å². The highest BCUT2D eigenvalue weighted by Crippen LogP contribution is 2.14. The summed E-state index contributed by atoms with van der Waals surface area (Å²) in [6.07, 6.45) is 5.85. The van der Waals surface area contributed by atoms with Gasteiger partial charge in [-0.05, 0) is 48.6 Å². The molecule has 3 nitrogen and oxygen atoms in total. The summed E-state index contributed by atoms with van der Waals surface area (Å²) in [6.45, 7) is 0. The van der Waals surface area contributed by atoms with Crippen LogP contribution in [-0.2, 0) is 15.8 Å². The zero-order valence-electron chi connectivity index (χ0n) is 8.67. The second-order valence-corrected chi connectivity index (χ2v) is 4.88. The van der Waals surface area contributed by atoms with Crippen LogP contribution in [0, 0.1) is 0 Å². The smallest absolute Gasteiger partial charge is 0.178 e. The molecule has 0 amide bonds. The van der Waals surface area contributed by atoms with Crippen LogP contribution in [0.2, 0.25) is 5.02 Å². The summed E-state index contributed by atoms with van der Waals surface area (Å²) in [6, 6.07) is 6.63. The van der Waals surface area contributed by atoms with E-state index in [4.69, 9.17) is 11.6 Å². The molecule has 0 fully saturated rings. The molecule has 0 N–H and O–H groups in total. The number of carbonyl (C=O) groups excluding carboxylic acids is 1. The Hall–Kier alpha value is -1.52. The van der Waals surface area contributed by atoms with Gasteiger partial charge in [-0.3, -0.25) is 4.79 Å². The molecule has 1 aliphatic rings. The molecule has 1 atom stereocenters. The summed E-state index contributed by atoms with van der Waals surface area (Å²) in [5.41, 5.74) is 0.512. The van der Waals surface area contributed by atoms with Gasteiger partial charge in [0.05, 0.1) is 10.6 Å². The number of allylic oxidation sites excluding steroid dienone is 4. The fraction of sp³-hybridized carbons (Fsp3) is 0. The first kappa shape index (κ1) is 12.0. The Labute approximate surface area is 106 Å². The lowest BCUT2D eigenvalue weighted by Gasteiger charge is -2.00. The molecule has 17 heavy (non-hydrogen) atoms. The molecule has 1 unspecified atom stereocenters. The fourth-order valence-corrected chi connectivity index (χ4v) is 2.12. The molecule has 0 radical (unpaired) electrons. The number of ketones is 1. The molecule has 0 aliphatic heterocycles. The molecule has 5 heteroatoms. The topological polar surface area (TPSA) is 46.5 Å². The Balaban J connectivity index is 2.20. The van der Waals surface area contributed by atoms with E-state index in [2.05, 4.69) is 4.40 Å². The average Bonchev–Trinajstić information content (AvgIpc) is 2.33. The number of benzene rings is 1. The van der Waals surface area contributed by atoms with E-state index in [0.29, 0.717) is 15.6 Å². The highest BCUT2D eigenvalue weighted by atomic mass is 35.5. The zero-order chi connectivity index (χ0) is 12.3. The number of hydrogen-bond donors (Lipinski definition) is 0. The summed E-state index contributed by atoms with van der Waals surface area (Å²) in [5, 5.41) is 0.585. The minimum Gasteiger partial charge on any atom is -0.290 e. The van der Waals surface area contributed by atoms with Crippen LogP contribution < -0.4 is 0 Å². The van der Waals surface area contributed by atoms with E-state index in [0.717, 1.165) is 0 Å². The van der Waals surface area contributed by atoms with Gasteiger partial charge in [-0.1, -0.05) is 11.6 Å². The average molecular weight is 266 g/mol. The van der Waals surface area contributed by atoms with E-state index in [9.17, 15) is 9.00 Å². The first-order valence-electron chi connectivity index (χ1n) is 4.81. The van der Waals surface area contributed by atoms with Gasteiger partial charge < -0.3 is 0 Å². The molecule has 0 aromatic heterocycles. The molecule has 1 aromatic carbocycles. The Morgan fingerprint density at radius 2 is 1.59 bits per heavy atom. The maximum Gasteiger partial charge on any atom is 0.178 e. The van der Waals surface area contributed by atoms with Gasteiger partial charge in [-0.25, -0.2) is 4.21 Å². The molecule has 0 saturated carbocycles. The second kappa shape index (κ2) is 5.21. The van der Waals surface area contributed by atoms with Crippen molar-refractivity contribution in [2.24, 2.45) is 4.40 Å². The van der Waals surface area contributed by atoms with Crippen molar-refractivity contribution in [3.05, 3.63) is 53.6 Å². The maximum absolute atomic E-state index is 11.8. The quantitative estimate of drug-likeness (QED) is 0.772. The third-order valence-electron chi connectivity index (χ3n) is 2.04. The van der Waals surface area contributed by atoms with Crippen LogP contribution >= 0.6 is 11.6 Å². The van der Waals surface area contributed by atoms with E-state index >= 15 is 0 Å². The van der Waals surface area contributed by atoms with Crippen molar-refractivity contribution < 1.29 is 9.00 Å². The number of nitrogens with zero attached hydrogens (tertiary/aromatic N) is 1. The number of halogens is 1.